The number of carbonyl (C=O) groups excluding carboxylic acids is 1. The number of aliphatic imine (C=N–C) groups is 1. The van der Waals surface area contributed by atoms with E-state index in [9.17, 15) is 4.79 Å². The number of para-hydroxylation sites is 1. The summed E-state index contributed by atoms with van der Waals surface area (Å²) >= 11 is 1.54. The van der Waals surface area contributed by atoms with Crippen LogP contribution in [0.2, 0.25) is 0 Å². The fraction of sp³-hybridized carbons (Fsp3) is 0.217. The van der Waals surface area contributed by atoms with Crippen molar-refractivity contribution in [1.82, 2.24) is 0 Å². The summed E-state index contributed by atoms with van der Waals surface area (Å²) < 4.78 is 0. The first-order chi connectivity index (χ1) is 13.4. The number of rotatable bonds is 5. The van der Waals surface area contributed by atoms with Crippen LogP contribution in [0.4, 0.5) is 16.4 Å². The van der Waals surface area contributed by atoms with Gasteiger partial charge in [0.2, 0.25) is 0 Å². The highest BCUT2D eigenvalue weighted by molar-refractivity contribution is 7.16. The first-order valence-electron chi connectivity index (χ1n) is 9.15. The molecule has 3 aromatic rings. The lowest BCUT2D eigenvalue weighted by molar-refractivity contribution is 0.102. The van der Waals surface area contributed by atoms with Crippen molar-refractivity contribution in [3.05, 3.63) is 75.7 Å². The maximum Gasteiger partial charge on any atom is 0.259 e. The number of hydrogen-bond donors (Lipinski definition) is 1. The molecular weight excluding hydrogens is 366 g/mol. The molecule has 5 heteroatoms. The number of nitrogens with zero attached hydrogens (tertiary/aromatic N) is 2. The summed E-state index contributed by atoms with van der Waals surface area (Å²) in [5.41, 5.74) is 5.62. The van der Waals surface area contributed by atoms with Gasteiger partial charge in [-0.15, -0.1) is 11.3 Å². The minimum Gasteiger partial charge on any atom is -0.378 e. The van der Waals surface area contributed by atoms with E-state index in [4.69, 9.17) is 0 Å². The maximum absolute atomic E-state index is 13.0. The van der Waals surface area contributed by atoms with Crippen LogP contribution < -0.4 is 10.2 Å². The number of hydrogen-bond acceptors (Lipinski definition) is 4. The summed E-state index contributed by atoms with van der Waals surface area (Å²) in [6.45, 7) is 5.98. The van der Waals surface area contributed by atoms with Crippen LogP contribution in [0.3, 0.4) is 0 Å². The predicted molar refractivity (Wildman–Crippen MR) is 121 cm³/mol. The summed E-state index contributed by atoms with van der Waals surface area (Å²) in [6.07, 6.45) is 1.81. The van der Waals surface area contributed by atoms with E-state index in [0.717, 1.165) is 37.9 Å². The molecule has 0 spiro atoms. The van der Waals surface area contributed by atoms with Crippen LogP contribution in [-0.2, 0) is 0 Å². The first-order valence-corrected chi connectivity index (χ1v) is 9.97. The van der Waals surface area contributed by atoms with E-state index in [0.29, 0.717) is 5.56 Å². The molecule has 1 amide bonds. The summed E-state index contributed by atoms with van der Waals surface area (Å²) in [6, 6.07) is 15.9. The molecule has 0 aliphatic heterocycles. The van der Waals surface area contributed by atoms with Crippen LogP contribution in [0.15, 0.2) is 53.5 Å². The third kappa shape index (κ3) is 4.31. The van der Waals surface area contributed by atoms with E-state index >= 15 is 0 Å². The highest BCUT2D eigenvalue weighted by atomic mass is 32.1. The minimum atomic E-state index is -0.119. The summed E-state index contributed by atoms with van der Waals surface area (Å²) in [7, 11) is 4.03. The van der Waals surface area contributed by atoms with E-state index in [2.05, 4.69) is 27.3 Å². The zero-order valence-corrected chi connectivity index (χ0v) is 17.7. The lowest BCUT2D eigenvalue weighted by Gasteiger charge is -2.11. The van der Waals surface area contributed by atoms with Gasteiger partial charge < -0.3 is 10.2 Å². The number of anilines is 2. The van der Waals surface area contributed by atoms with E-state index in [1.165, 1.54) is 0 Å². The van der Waals surface area contributed by atoms with Gasteiger partial charge >= 0.3 is 0 Å². The van der Waals surface area contributed by atoms with Gasteiger partial charge in [0.05, 0.1) is 5.56 Å². The Kier molecular flexibility index (Phi) is 5.95. The molecular formula is C23H25N3OS. The Labute approximate surface area is 170 Å². The van der Waals surface area contributed by atoms with Gasteiger partial charge in [-0.1, -0.05) is 30.3 Å². The predicted octanol–water partition coefficient (Wildman–Crippen LogP) is 5.74. The summed E-state index contributed by atoms with van der Waals surface area (Å²) in [5, 5.41) is 3.76. The first kappa shape index (κ1) is 19.8. The lowest BCUT2D eigenvalue weighted by Crippen LogP contribution is -2.13. The molecule has 0 fully saturated rings. The average Bonchev–Trinajstić information content (AvgIpc) is 2.96. The van der Waals surface area contributed by atoms with Gasteiger partial charge in [0.15, 0.2) is 0 Å². The molecule has 0 bridgehead atoms. The molecule has 0 unspecified atom stereocenters. The minimum absolute atomic E-state index is 0.119. The molecule has 1 heterocycles. The SMILES string of the molecule is Cc1ccccc1NC(=O)c1c(N=Cc2ccc(N(C)C)cc2)sc(C)c1C. The highest BCUT2D eigenvalue weighted by Crippen LogP contribution is 2.35. The van der Waals surface area contributed by atoms with E-state index < -0.39 is 0 Å². The third-order valence-electron chi connectivity index (χ3n) is 4.73. The van der Waals surface area contributed by atoms with Crippen molar-refractivity contribution in [2.75, 3.05) is 24.3 Å². The van der Waals surface area contributed by atoms with Gasteiger partial charge in [-0.3, -0.25) is 4.79 Å². The van der Waals surface area contributed by atoms with Crippen LogP contribution >= 0.6 is 11.3 Å². The van der Waals surface area contributed by atoms with Crippen molar-refractivity contribution < 1.29 is 4.79 Å². The topological polar surface area (TPSA) is 44.7 Å². The van der Waals surface area contributed by atoms with Crippen molar-refractivity contribution in [3.8, 4) is 0 Å². The van der Waals surface area contributed by atoms with Gasteiger partial charge in [0.25, 0.3) is 5.91 Å². The largest absolute Gasteiger partial charge is 0.378 e. The Hall–Kier alpha value is -2.92. The molecule has 0 radical (unpaired) electrons. The Morgan fingerprint density at radius 2 is 1.71 bits per heavy atom. The molecule has 144 valence electrons. The Morgan fingerprint density at radius 3 is 2.36 bits per heavy atom. The second-order valence-corrected chi connectivity index (χ2v) is 8.18. The third-order valence-corrected chi connectivity index (χ3v) is 5.84. The molecule has 2 aromatic carbocycles. The molecule has 3 rings (SSSR count). The average molecular weight is 392 g/mol. The van der Waals surface area contributed by atoms with Crippen molar-refractivity contribution in [2.45, 2.75) is 20.8 Å². The smallest absolute Gasteiger partial charge is 0.259 e. The number of aryl methyl sites for hydroxylation is 2. The Bertz CT molecular complexity index is 1020. The van der Waals surface area contributed by atoms with Crippen molar-refractivity contribution >= 4 is 39.8 Å². The van der Waals surface area contributed by atoms with Gasteiger partial charge in [-0.25, -0.2) is 4.99 Å². The normalized spacial score (nSPS) is 11.0. The number of carbonyl (C=O) groups is 1. The van der Waals surface area contributed by atoms with Gasteiger partial charge in [-0.2, -0.15) is 0 Å². The van der Waals surface area contributed by atoms with Crippen LogP contribution in [0.1, 0.15) is 31.9 Å². The van der Waals surface area contributed by atoms with Crippen LogP contribution in [0, 0.1) is 20.8 Å². The zero-order chi connectivity index (χ0) is 20.3. The maximum atomic E-state index is 13.0. The van der Waals surface area contributed by atoms with E-state index in [1.54, 1.807) is 11.3 Å². The molecule has 0 saturated heterocycles. The second-order valence-electron chi connectivity index (χ2n) is 6.98. The second kappa shape index (κ2) is 8.40. The van der Waals surface area contributed by atoms with Gasteiger partial charge in [0, 0.05) is 36.6 Å². The molecule has 0 atom stereocenters. The fourth-order valence-electron chi connectivity index (χ4n) is 2.86. The fourth-order valence-corrected chi connectivity index (χ4v) is 3.86. The highest BCUT2D eigenvalue weighted by Gasteiger charge is 2.19. The van der Waals surface area contributed by atoms with Crippen molar-refractivity contribution in [2.24, 2.45) is 4.99 Å². The van der Waals surface area contributed by atoms with E-state index in [1.807, 2.05) is 77.5 Å². The van der Waals surface area contributed by atoms with Crippen molar-refractivity contribution in [1.29, 1.82) is 0 Å². The zero-order valence-electron chi connectivity index (χ0n) is 16.9. The Balaban J connectivity index is 1.87. The molecule has 0 aliphatic rings. The number of nitrogens with one attached hydrogen (secondary N) is 1. The molecule has 0 aliphatic carbocycles. The molecule has 28 heavy (non-hydrogen) atoms. The Morgan fingerprint density at radius 1 is 1.04 bits per heavy atom. The standard InChI is InChI=1S/C23H25N3OS/c1-15-8-6-7-9-20(15)25-22(27)21-16(2)17(3)28-23(21)24-14-18-10-12-19(13-11-18)26(4)5/h6-14H,1-5H3,(H,25,27). The molecule has 4 nitrogen and oxygen atoms in total. The number of thiophene rings is 1. The number of amides is 1. The van der Waals surface area contributed by atoms with Gasteiger partial charge in [-0.05, 0) is 55.7 Å². The molecule has 0 saturated carbocycles. The lowest BCUT2D eigenvalue weighted by atomic mass is 10.1. The van der Waals surface area contributed by atoms with E-state index in [-0.39, 0.29) is 5.91 Å². The number of benzene rings is 2. The quantitative estimate of drug-likeness (QED) is 0.564. The van der Waals surface area contributed by atoms with Crippen LogP contribution in [0.5, 0.6) is 0 Å². The molecule has 1 N–H and O–H groups in total. The van der Waals surface area contributed by atoms with Crippen molar-refractivity contribution in [3.63, 3.8) is 0 Å². The summed E-state index contributed by atoms with van der Waals surface area (Å²) in [5.74, 6) is -0.119. The monoisotopic (exact) mass is 391 g/mol. The van der Waals surface area contributed by atoms with Gasteiger partial charge in [0.1, 0.15) is 5.00 Å². The molecule has 1 aromatic heterocycles. The summed E-state index contributed by atoms with van der Waals surface area (Å²) in [4.78, 5) is 20.8. The van der Waals surface area contributed by atoms with Crippen LogP contribution in [-0.4, -0.2) is 26.2 Å². The van der Waals surface area contributed by atoms with Crippen LogP contribution in [0.25, 0.3) is 0 Å².